The number of aromatic nitrogens is 2. The number of nitrogens with zero attached hydrogens (tertiary/aromatic N) is 3. The van der Waals surface area contributed by atoms with E-state index in [9.17, 15) is 4.79 Å². The van der Waals surface area contributed by atoms with Crippen molar-refractivity contribution in [3.63, 3.8) is 0 Å². The van der Waals surface area contributed by atoms with Crippen LogP contribution in [0.25, 0.3) is 0 Å². The average Bonchev–Trinajstić information content (AvgIpc) is 2.94. The molecule has 1 atom stereocenters. The van der Waals surface area contributed by atoms with Gasteiger partial charge in [0.25, 0.3) is 0 Å². The van der Waals surface area contributed by atoms with Gasteiger partial charge < -0.3 is 11.1 Å². The van der Waals surface area contributed by atoms with Gasteiger partial charge in [-0.2, -0.15) is 5.10 Å². The van der Waals surface area contributed by atoms with Crippen LogP contribution in [-0.4, -0.2) is 46.3 Å². The van der Waals surface area contributed by atoms with Crippen LogP contribution in [0, 0.1) is 0 Å². The van der Waals surface area contributed by atoms with Gasteiger partial charge in [0, 0.05) is 50.4 Å². The third-order valence-electron chi connectivity index (χ3n) is 4.18. The van der Waals surface area contributed by atoms with Crippen LogP contribution in [0.4, 0.5) is 0 Å². The Balaban J connectivity index is 1.86. The predicted octanol–water partition coefficient (Wildman–Crippen LogP) is 1.11. The second-order valence-electron chi connectivity index (χ2n) is 6.07. The van der Waals surface area contributed by atoms with Crippen LogP contribution in [0.5, 0.6) is 0 Å². The van der Waals surface area contributed by atoms with E-state index in [2.05, 4.69) is 28.4 Å². The lowest BCUT2D eigenvalue weighted by atomic mass is 10.0. The Morgan fingerprint density at radius 1 is 1.50 bits per heavy atom. The summed E-state index contributed by atoms with van der Waals surface area (Å²) in [4.78, 5) is 14.1. The van der Waals surface area contributed by atoms with Gasteiger partial charge in [-0.1, -0.05) is 13.3 Å². The van der Waals surface area contributed by atoms with E-state index in [1.54, 1.807) is 0 Å². The summed E-state index contributed by atoms with van der Waals surface area (Å²) in [5.74, 6) is 0.0591. The van der Waals surface area contributed by atoms with Gasteiger partial charge in [0.05, 0.1) is 6.20 Å². The summed E-state index contributed by atoms with van der Waals surface area (Å²) in [7, 11) is 0. The van der Waals surface area contributed by atoms with Gasteiger partial charge in [0.2, 0.25) is 5.91 Å². The van der Waals surface area contributed by atoms with E-state index in [-0.39, 0.29) is 5.91 Å². The number of likely N-dealkylation sites (tertiary alicyclic amines) is 1. The molecule has 0 saturated carbocycles. The van der Waals surface area contributed by atoms with Gasteiger partial charge in [0.1, 0.15) is 0 Å². The third kappa shape index (κ3) is 5.10. The number of amides is 1. The molecule has 1 aromatic heterocycles. The van der Waals surface area contributed by atoms with E-state index >= 15 is 0 Å². The standard InChI is InChI=1S/C16H29N5O/c1-2-8-21-13-14(10-19-21)12-20-9-4-3-5-15(20)11-18-16(22)6-7-17/h10,13,15H,2-9,11-12,17H2,1H3,(H,18,22). The Labute approximate surface area is 133 Å². The fourth-order valence-corrected chi connectivity index (χ4v) is 3.02. The van der Waals surface area contributed by atoms with Crippen molar-refractivity contribution in [1.82, 2.24) is 20.0 Å². The van der Waals surface area contributed by atoms with Crippen LogP contribution in [0.15, 0.2) is 12.4 Å². The zero-order valence-corrected chi connectivity index (χ0v) is 13.6. The molecular weight excluding hydrogens is 278 g/mol. The predicted molar refractivity (Wildman–Crippen MR) is 87.2 cm³/mol. The summed E-state index contributed by atoms with van der Waals surface area (Å²) in [6.45, 7) is 6.28. The number of nitrogens with two attached hydrogens (primary N) is 1. The first-order valence-corrected chi connectivity index (χ1v) is 8.45. The van der Waals surface area contributed by atoms with E-state index in [1.807, 2.05) is 10.9 Å². The summed E-state index contributed by atoms with van der Waals surface area (Å²) >= 11 is 0. The van der Waals surface area contributed by atoms with E-state index in [0.29, 0.717) is 19.0 Å². The fourth-order valence-electron chi connectivity index (χ4n) is 3.02. The van der Waals surface area contributed by atoms with E-state index in [4.69, 9.17) is 5.73 Å². The minimum absolute atomic E-state index is 0.0591. The Morgan fingerprint density at radius 2 is 2.36 bits per heavy atom. The Bertz CT molecular complexity index is 459. The van der Waals surface area contributed by atoms with Crippen molar-refractivity contribution in [3.8, 4) is 0 Å². The van der Waals surface area contributed by atoms with E-state index in [1.165, 1.54) is 18.4 Å². The molecule has 22 heavy (non-hydrogen) atoms. The first kappa shape index (κ1) is 17.0. The van der Waals surface area contributed by atoms with Crippen molar-refractivity contribution in [2.75, 3.05) is 19.6 Å². The zero-order chi connectivity index (χ0) is 15.8. The van der Waals surface area contributed by atoms with Crippen molar-refractivity contribution >= 4 is 5.91 Å². The first-order chi connectivity index (χ1) is 10.7. The highest BCUT2D eigenvalue weighted by Gasteiger charge is 2.23. The topological polar surface area (TPSA) is 76.2 Å². The molecule has 6 heteroatoms. The zero-order valence-electron chi connectivity index (χ0n) is 13.6. The molecule has 1 saturated heterocycles. The van der Waals surface area contributed by atoms with Gasteiger partial charge in [0.15, 0.2) is 0 Å². The summed E-state index contributed by atoms with van der Waals surface area (Å²) in [6.07, 6.45) is 9.24. The number of rotatable bonds is 8. The van der Waals surface area contributed by atoms with Gasteiger partial charge in [-0.15, -0.1) is 0 Å². The molecule has 1 aromatic rings. The van der Waals surface area contributed by atoms with Crippen LogP contribution < -0.4 is 11.1 Å². The largest absolute Gasteiger partial charge is 0.354 e. The monoisotopic (exact) mass is 307 g/mol. The molecule has 3 N–H and O–H groups in total. The molecule has 1 unspecified atom stereocenters. The maximum Gasteiger partial charge on any atom is 0.221 e. The number of hydrogen-bond acceptors (Lipinski definition) is 4. The molecule has 0 radical (unpaired) electrons. The lowest BCUT2D eigenvalue weighted by molar-refractivity contribution is -0.121. The maximum atomic E-state index is 11.6. The van der Waals surface area contributed by atoms with E-state index < -0.39 is 0 Å². The lowest BCUT2D eigenvalue weighted by Crippen LogP contribution is -2.46. The number of nitrogens with one attached hydrogen (secondary N) is 1. The number of carbonyl (C=O) groups excluding carboxylic acids is 1. The van der Waals surface area contributed by atoms with Gasteiger partial charge in [-0.3, -0.25) is 14.4 Å². The summed E-state index contributed by atoms with van der Waals surface area (Å²) < 4.78 is 2.01. The molecule has 0 aliphatic carbocycles. The Kier molecular flexibility index (Phi) is 6.86. The minimum Gasteiger partial charge on any atom is -0.354 e. The summed E-state index contributed by atoms with van der Waals surface area (Å²) in [5, 5.41) is 7.41. The van der Waals surface area contributed by atoms with Crippen molar-refractivity contribution in [2.24, 2.45) is 5.73 Å². The SMILES string of the molecule is CCCn1cc(CN2CCCCC2CNC(=O)CCN)cn1. The fraction of sp³-hybridized carbons (Fsp3) is 0.750. The minimum atomic E-state index is 0.0591. The smallest absolute Gasteiger partial charge is 0.221 e. The molecule has 2 heterocycles. The molecule has 6 nitrogen and oxygen atoms in total. The molecule has 1 amide bonds. The molecule has 0 aromatic carbocycles. The highest BCUT2D eigenvalue weighted by atomic mass is 16.1. The molecule has 0 spiro atoms. The summed E-state index contributed by atoms with van der Waals surface area (Å²) in [6, 6.07) is 0.421. The molecule has 2 rings (SSSR count). The molecule has 0 bridgehead atoms. The lowest BCUT2D eigenvalue weighted by Gasteiger charge is -2.35. The van der Waals surface area contributed by atoms with Crippen molar-refractivity contribution < 1.29 is 4.79 Å². The number of hydrogen-bond donors (Lipinski definition) is 2. The van der Waals surface area contributed by atoms with Crippen LogP contribution >= 0.6 is 0 Å². The van der Waals surface area contributed by atoms with Crippen LogP contribution in [0.1, 0.15) is 44.6 Å². The quantitative estimate of drug-likeness (QED) is 0.754. The first-order valence-electron chi connectivity index (χ1n) is 8.45. The average molecular weight is 307 g/mol. The number of carbonyl (C=O) groups is 1. The number of piperidine rings is 1. The van der Waals surface area contributed by atoms with Crippen molar-refractivity contribution in [3.05, 3.63) is 18.0 Å². The third-order valence-corrected chi connectivity index (χ3v) is 4.18. The second-order valence-corrected chi connectivity index (χ2v) is 6.07. The second kappa shape index (κ2) is 8.90. The van der Waals surface area contributed by atoms with Gasteiger partial charge in [-0.25, -0.2) is 0 Å². The van der Waals surface area contributed by atoms with Crippen LogP contribution in [-0.2, 0) is 17.9 Å². The van der Waals surface area contributed by atoms with Crippen molar-refractivity contribution in [1.29, 1.82) is 0 Å². The molecule has 1 fully saturated rings. The summed E-state index contributed by atoms with van der Waals surface area (Å²) in [5.41, 5.74) is 6.67. The van der Waals surface area contributed by atoms with Crippen LogP contribution in [0.3, 0.4) is 0 Å². The number of aryl methyl sites for hydroxylation is 1. The van der Waals surface area contributed by atoms with Crippen molar-refractivity contribution in [2.45, 2.75) is 58.2 Å². The normalized spacial score (nSPS) is 19.3. The maximum absolute atomic E-state index is 11.6. The molecule has 1 aliphatic heterocycles. The Morgan fingerprint density at radius 3 is 3.14 bits per heavy atom. The Hall–Kier alpha value is -1.40. The highest BCUT2D eigenvalue weighted by molar-refractivity contribution is 5.76. The molecule has 124 valence electrons. The van der Waals surface area contributed by atoms with E-state index in [0.717, 1.165) is 39.0 Å². The molecule has 1 aliphatic rings. The van der Waals surface area contributed by atoms with Gasteiger partial charge >= 0.3 is 0 Å². The molecular formula is C16H29N5O. The van der Waals surface area contributed by atoms with Gasteiger partial charge in [-0.05, 0) is 25.8 Å². The van der Waals surface area contributed by atoms with Crippen LogP contribution in [0.2, 0.25) is 0 Å². The highest BCUT2D eigenvalue weighted by Crippen LogP contribution is 2.19.